The Morgan fingerprint density at radius 2 is 2.05 bits per heavy atom. The zero-order valence-electron chi connectivity index (χ0n) is 11.8. The number of anilines is 1. The van der Waals surface area contributed by atoms with Gasteiger partial charge in [0.15, 0.2) is 0 Å². The minimum Gasteiger partial charge on any atom is -0.383 e. The van der Waals surface area contributed by atoms with Crippen LogP contribution in [0.25, 0.3) is 0 Å². The first kappa shape index (κ1) is 16.8. The maximum absolute atomic E-state index is 12.0. The van der Waals surface area contributed by atoms with Crippen LogP contribution in [0.2, 0.25) is 5.02 Å². The highest BCUT2D eigenvalue weighted by Crippen LogP contribution is 2.21. The molecule has 5 nitrogen and oxygen atoms in total. The van der Waals surface area contributed by atoms with E-state index in [1.54, 1.807) is 30.3 Å². The molecule has 2 N–H and O–H groups in total. The molecule has 116 valence electrons. The van der Waals surface area contributed by atoms with E-state index >= 15 is 0 Å². The molecule has 22 heavy (non-hydrogen) atoms. The van der Waals surface area contributed by atoms with Crippen LogP contribution in [0.3, 0.4) is 0 Å². The lowest BCUT2D eigenvalue weighted by Gasteiger charge is -2.09. The molecule has 0 aliphatic rings. The first-order valence-corrected chi connectivity index (χ1v) is 9.10. The number of sulfonamides is 1. The van der Waals surface area contributed by atoms with Crippen LogP contribution in [0.5, 0.6) is 0 Å². The number of aryl methyl sites for hydroxylation is 1. The van der Waals surface area contributed by atoms with Crippen LogP contribution in [0.1, 0.15) is 10.4 Å². The van der Waals surface area contributed by atoms with Crippen LogP contribution in [0, 0.1) is 18.3 Å². The van der Waals surface area contributed by atoms with Crippen molar-refractivity contribution in [2.24, 2.45) is 0 Å². The predicted molar refractivity (Wildman–Crippen MR) is 88.9 cm³/mol. The van der Waals surface area contributed by atoms with Gasteiger partial charge in [0.1, 0.15) is 10.3 Å². The summed E-state index contributed by atoms with van der Waals surface area (Å²) in [4.78, 5) is 0.941. The average Bonchev–Trinajstić information content (AvgIpc) is 2.91. The third-order valence-corrected chi connectivity index (χ3v) is 6.00. The molecule has 0 spiro atoms. The van der Waals surface area contributed by atoms with Crippen LogP contribution < -0.4 is 10.0 Å². The van der Waals surface area contributed by atoms with E-state index in [-0.39, 0.29) is 6.54 Å². The number of nitrogens with zero attached hydrogens (tertiary/aromatic N) is 1. The SMILES string of the molecule is Cc1ccc(S(=O)(=O)NCCNc2cc(Cl)ccc2C#N)s1. The molecule has 1 heterocycles. The number of thiophene rings is 1. The number of halogens is 1. The summed E-state index contributed by atoms with van der Waals surface area (Å²) in [5.74, 6) is 0. The van der Waals surface area contributed by atoms with Gasteiger partial charge in [0.2, 0.25) is 10.0 Å². The molecule has 0 aliphatic heterocycles. The first-order chi connectivity index (χ1) is 10.4. The van der Waals surface area contributed by atoms with Crippen molar-refractivity contribution in [1.29, 1.82) is 5.26 Å². The molecule has 0 aliphatic carbocycles. The number of benzene rings is 1. The summed E-state index contributed by atoms with van der Waals surface area (Å²) in [5.41, 5.74) is 1.04. The van der Waals surface area contributed by atoms with Gasteiger partial charge in [0.25, 0.3) is 0 Å². The summed E-state index contributed by atoms with van der Waals surface area (Å²) in [5, 5.41) is 12.5. The van der Waals surface area contributed by atoms with Gasteiger partial charge in [0.05, 0.1) is 11.3 Å². The van der Waals surface area contributed by atoms with Gasteiger partial charge in [-0.1, -0.05) is 11.6 Å². The van der Waals surface area contributed by atoms with E-state index < -0.39 is 10.0 Å². The summed E-state index contributed by atoms with van der Waals surface area (Å²) < 4.78 is 26.9. The van der Waals surface area contributed by atoms with Crippen molar-refractivity contribution in [3.63, 3.8) is 0 Å². The third-order valence-electron chi connectivity index (χ3n) is 2.82. The van der Waals surface area contributed by atoms with E-state index in [1.807, 2.05) is 6.92 Å². The summed E-state index contributed by atoms with van der Waals surface area (Å²) in [6.45, 7) is 2.41. The van der Waals surface area contributed by atoms with E-state index in [0.717, 1.165) is 4.88 Å². The molecule has 0 atom stereocenters. The van der Waals surface area contributed by atoms with Gasteiger partial charge < -0.3 is 5.32 Å². The van der Waals surface area contributed by atoms with Gasteiger partial charge in [-0.25, -0.2) is 13.1 Å². The maximum Gasteiger partial charge on any atom is 0.250 e. The molecule has 0 unspecified atom stereocenters. The predicted octanol–water partition coefficient (Wildman–Crippen LogP) is 2.97. The van der Waals surface area contributed by atoms with E-state index in [2.05, 4.69) is 16.1 Å². The first-order valence-electron chi connectivity index (χ1n) is 6.42. The fourth-order valence-corrected chi connectivity index (χ4v) is 4.30. The number of nitriles is 1. The summed E-state index contributed by atoms with van der Waals surface area (Å²) in [7, 11) is -3.48. The topological polar surface area (TPSA) is 82.0 Å². The molecule has 0 amide bonds. The molecule has 0 fully saturated rings. The van der Waals surface area contributed by atoms with Crippen LogP contribution in [0.15, 0.2) is 34.5 Å². The Kier molecular flexibility index (Phi) is 5.42. The van der Waals surface area contributed by atoms with E-state index in [9.17, 15) is 8.42 Å². The average molecular weight is 356 g/mol. The maximum atomic E-state index is 12.0. The van der Waals surface area contributed by atoms with Crippen molar-refractivity contribution in [1.82, 2.24) is 4.72 Å². The highest BCUT2D eigenvalue weighted by molar-refractivity contribution is 7.91. The summed E-state index contributed by atoms with van der Waals surface area (Å²) in [6, 6.07) is 10.3. The lowest BCUT2D eigenvalue weighted by molar-refractivity contribution is 0.585. The van der Waals surface area contributed by atoms with Gasteiger partial charge in [-0.15, -0.1) is 11.3 Å². The molecule has 8 heteroatoms. The number of nitrogens with one attached hydrogen (secondary N) is 2. The minimum atomic E-state index is -3.48. The lowest BCUT2D eigenvalue weighted by Crippen LogP contribution is -2.28. The van der Waals surface area contributed by atoms with Gasteiger partial charge in [-0.05, 0) is 37.3 Å². The Hall–Kier alpha value is -1.59. The van der Waals surface area contributed by atoms with Crippen LogP contribution in [0.4, 0.5) is 5.69 Å². The molecule has 1 aromatic heterocycles. The lowest BCUT2D eigenvalue weighted by atomic mass is 10.2. The number of hydrogen-bond donors (Lipinski definition) is 2. The van der Waals surface area contributed by atoms with E-state index in [0.29, 0.717) is 27.0 Å². The van der Waals surface area contributed by atoms with Crippen LogP contribution >= 0.6 is 22.9 Å². The molecule has 2 aromatic rings. The van der Waals surface area contributed by atoms with Crippen molar-refractivity contribution in [3.05, 3.63) is 45.8 Å². The molecular formula is C14H14ClN3O2S2. The molecule has 0 saturated carbocycles. The number of hydrogen-bond acceptors (Lipinski definition) is 5. The molecule has 0 saturated heterocycles. The van der Waals surface area contributed by atoms with Crippen molar-refractivity contribution in [3.8, 4) is 6.07 Å². The van der Waals surface area contributed by atoms with Gasteiger partial charge in [-0.3, -0.25) is 0 Å². The van der Waals surface area contributed by atoms with E-state index in [1.165, 1.54) is 11.3 Å². The molecule has 1 aromatic carbocycles. The number of rotatable bonds is 6. The highest BCUT2D eigenvalue weighted by Gasteiger charge is 2.15. The largest absolute Gasteiger partial charge is 0.383 e. The smallest absolute Gasteiger partial charge is 0.250 e. The van der Waals surface area contributed by atoms with Crippen LogP contribution in [-0.2, 0) is 10.0 Å². The molecule has 0 bridgehead atoms. The summed E-state index contributed by atoms with van der Waals surface area (Å²) >= 11 is 7.11. The minimum absolute atomic E-state index is 0.205. The Morgan fingerprint density at radius 3 is 2.68 bits per heavy atom. The fraction of sp³-hybridized carbons (Fsp3) is 0.214. The quantitative estimate of drug-likeness (QED) is 0.780. The third kappa shape index (κ3) is 4.21. The van der Waals surface area contributed by atoms with Crippen molar-refractivity contribution < 1.29 is 8.42 Å². The van der Waals surface area contributed by atoms with Crippen molar-refractivity contribution >= 4 is 38.6 Å². The molecule has 0 radical (unpaired) electrons. The fourth-order valence-electron chi connectivity index (χ4n) is 1.77. The standard InChI is InChI=1S/C14H14ClN3O2S2/c1-10-2-5-14(21-10)22(19,20)18-7-6-17-13-8-12(15)4-3-11(13)9-16/h2-5,8,17-18H,6-7H2,1H3. The highest BCUT2D eigenvalue weighted by atomic mass is 35.5. The Balaban J connectivity index is 1.93. The molecular weight excluding hydrogens is 342 g/mol. The Bertz CT molecular complexity index is 810. The zero-order chi connectivity index (χ0) is 16.2. The monoisotopic (exact) mass is 355 g/mol. The van der Waals surface area contributed by atoms with Gasteiger partial charge in [0, 0.05) is 23.0 Å². The Labute approximate surface area is 138 Å². The van der Waals surface area contributed by atoms with Gasteiger partial charge >= 0.3 is 0 Å². The Morgan fingerprint density at radius 1 is 1.27 bits per heavy atom. The second-order valence-electron chi connectivity index (χ2n) is 4.49. The normalized spacial score (nSPS) is 11.1. The second-order valence-corrected chi connectivity index (χ2v) is 8.21. The van der Waals surface area contributed by atoms with Crippen molar-refractivity contribution in [2.75, 3.05) is 18.4 Å². The zero-order valence-corrected chi connectivity index (χ0v) is 14.1. The van der Waals surface area contributed by atoms with Crippen LogP contribution in [-0.4, -0.2) is 21.5 Å². The molecule has 2 rings (SSSR count). The van der Waals surface area contributed by atoms with E-state index in [4.69, 9.17) is 16.9 Å². The summed E-state index contributed by atoms with van der Waals surface area (Å²) in [6.07, 6.45) is 0. The van der Waals surface area contributed by atoms with Gasteiger partial charge in [-0.2, -0.15) is 5.26 Å². The second kappa shape index (κ2) is 7.11. The van der Waals surface area contributed by atoms with Crippen molar-refractivity contribution in [2.45, 2.75) is 11.1 Å².